The number of hydrogen-bond acceptors (Lipinski definition) is 7. The van der Waals surface area contributed by atoms with Gasteiger partial charge in [-0.3, -0.25) is 0 Å². The molecule has 2 heterocycles. The lowest BCUT2D eigenvalue weighted by molar-refractivity contribution is -0.0166. The number of halogens is 1. The zero-order valence-electron chi connectivity index (χ0n) is 32.8. The van der Waals surface area contributed by atoms with Gasteiger partial charge in [0.25, 0.3) is 0 Å². The van der Waals surface area contributed by atoms with E-state index in [-0.39, 0.29) is 5.41 Å². The van der Waals surface area contributed by atoms with E-state index in [2.05, 4.69) is 99.9 Å². The molecule has 0 saturated carbocycles. The standard InChI is InChI=1S/C43H59ClN2O5/c1-12-14-23-45-33-27-37(49-9)35(47-7)25-31(33)41(3,4)39(45)20-19-29-17-16-18-30(40(29)44)21-22-43(51-11)42(5,6)32-26-36(48-8)38(50-10)28-34(32)46(43)24-15-13-2/h19-22,25-28H,12-18,23-24H2,1-11H3/b22-21+,29-19+,39-20-. The van der Waals surface area contributed by atoms with Crippen LogP contribution in [-0.2, 0) is 15.6 Å². The number of unbranched alkanes of at least 4 members (excludes halogenated alkanes) is 2. The van der Waals surface area contributed by atoms with Crippen molar-refractivity contribution < 1.29 is 23.7 Å². The first kappa shape index (κ1) is 38.7. The Labute approximate surface area is 311 Å². The largest absolute Gasteiger partial charge is 0.493 e. The summed E-state index contributed by atoms with van der Waals surface area (Å²) >= 11 is 7.32. The number of fused-ring (bicyclic) bond motifs is 2. The van der Waals surface area contributed by atoms with Crippen molar-refractivity contribution >= 4 is 23.0 Å². The molecule has 8 heteroatoms. The summed E-state index contributed by atoms with van der Waals surface area (Å²) in [6, 6.07) is 8.48. The molecule has 5 rings (SSSR count). The van der Waals surface area contributed by atoms with Crippen LogP contribution in [0.25, 0.3) is 0 Å². The van der Waals surface area contributed by atoms with Crippen LogP contribution < -0.4 is 28.7 Å². The van der Waals surface area contributed by atoms with E-state index >= 15 is 0 Å². The molecule has 1 aliphatic carbocycles. The summed E-state index contributed by atoms with van der Waals surface area (Å²) < 4.78 is 29.5. The maximum Gasteiger partial charge on any atom is 0.169 e. The molecule has 0 N–H and O–H groups in total. The molecule has 2 aromatic rings. The number of nitrogens with zero attached hydrogens (tertiary/aromatic N) is 2. The minimum Gasteiger partial charge on any atom is -0.493 e. The Kier molecular flexibility index (Phi) is 11.8. The van der Waals surface area contributed by atoms with Crippen LogP contribution in [0.3, 0.4) is 0 Å². The van der Waals surface area contributed by atoms with E-state index in [4.69, 9.17) is 35.3 Å². The van der Waals surface area contributed by atoms with Gasteiger partial charge < -0.3 is 33.5 Å². The smallest absolute Gasteiger partial charge is 0.169 e. The highest BCUT2D eigenvalue weighted by molar-refractivity contribution is 6.32. The van der Waals surface area contributed by atoms with Crippen LogP contribution in [0, 0.1) is 0 Å². The Bertz CT molecular complexity index is 1720. The second-order valence-corrected chi connectivity index (χ2v) is 15.3. The second-order valence-electron chi connectivity index (χ2n) is 14.9. The first-order valence-corrected chi connectivity index (χ1v) is 18.9. The van der Waals surface area contributed by atoms with Crippen LogP contribution in [0.1, 0.15) is 97.6 Å². The van der Waals surface area contributed by atoms with Crippen molar-refractivity contribution in [3.8, 4) is 23.0 Å². The van der Waals surface area contributed by atoms with Gasteiger partial charge in [-0.05, 0) is 78.7 Å². The van der Waals surface area contributed by atoms with E-state index in [0.29, 0.717) is 5.75 Å². The van der Waals surface area contributed by atoms with Crippen LogP contribution >= 0.6 is 11.6 Å². The fraction of sp³-hybridized carbons (Fsp3) is 0.535. The molecule has 51 heavy (non-hydrogen) atoms. The molecular formula is C43H59ClN2O5. The van der Waals surface area contributed by atoms with Crippen LogP contribution in [0.2, 0.25) is 0 Å². The van der Waals surface area contributed by atoms with Crippen molar-refractivity contribution in [2.24, 2.45) is 0 Å². The zero-order chi connectivity index (χ0) is 37.1. The molecule has 1 atom stereocenters. The first-order chi connectivity index (χ1) is 24.4. The highest BCUT2D eigenvalue weighted by Gasteiger charge is 2.56. The Morgan fingerprint density at radius 1 is 0.725 bits per heavy atom. The Hall–Kier alpha value is -3.55. The molecule has 278 valence electrons. The van der Waals surface area contributed by atoms with Gasteiger partial charge >= 0.3 is 0 Å². The number of ether oxygens (including phenoxy) is 5. The van der Waals surface area contributed by atoms with E-state index in [1.165, 1.54) is 22.5 Å². The number of hydrogen-bond donors (Lipinski definition) is 0. The van der Waals surface area contributed by atoms with Gasteiger partial charge in [0, 0.05) is 65.3 Å². The van der Waals surface area contributed by atoms with E-state index in [0.717, 1.165) is 97.1 Å². The molecule has 0 spiro atoms. The molecule has 7 nitrogen and oxygen atoms in total. The van der Waals surface area contributed by atoms with Gasteiger partial charge in [0.05, 0.1) is 28.4 Å². The number of rotatable bonds is 14. The van der Waals surface area contributed by atoms with Crippen LogP contribution in [0.5, 0.6) is 23.0 Å². The molecule has 3 aliphatic rings. The molecule has 0 amide bonds. The lowest BCUT2D eigenvalue weighted by atomic mass is 9.76. The quantitative estimate of drug-likeness (QED) is 0.193. The van der Waals surface area contributed by atoms with Crippen LogP contribution in [0.15, 0.2) is 70.4 Å². The summed E-state index contributed by atoms with van der Waals surface area (Å²) in [4.78, 5) is 4.85. The van der Waals surface area contributed by atoms with E-state index in [1.807, 2.05) is 7.11 Å². The van der Waals surface area contributed by atoms with Crippen molar-refractivity contribution in [2.75, 3.05) is 58.4 Å². The molecule has 0 radical (unpaired) electrons. The second kappa shape index (κ2) is 15.6. The predicted octanol–water partition coefficient (Wildman–Crippen LogP) is 10.6. The minimum atomic E-state index is -0.739. The highest BCUT2D eigenvalue weighted by Crippen LogP contribution is 2.56. The average Bonchev–Trinajstić information content (AvgIpc) is 3.45. The lowest BCUT2D eigenvalue weighted by Crippen LogP contribution is -2.56. The molecule has 0 aromatic heterocycles. The summed E-state index contributed by atoms with van der Waals surface area (Å²) in [5.74, 6) is 2.93. The third-order valence-electron chi connectivity index (χ3n) is 11.4. The normalized spacial score (nSPS) is 22.3. The fourth-order valence-electron chi connectivity index (χ4n) is 8.29. The van der Waals surface area contributed by atoms with Gasteiger partial charge in [-0.2, -0.15) is 0 Å². The molecule has 0 bridgehead atoms. The summed E-state index contributed by atoms with van der Waals surface area (Å²) in [6.45, 7) is 15.3. The lowest BCUT2D eigenvalue weighted by Gasteiger charge is -2.45. The summed E-state index contributed by atoms with van der Waals surface area (Å²) in [6.07, 6.45) is 16.2. The van der Waals surface area contributed by atoms with Crippen molar-refractivity contribution in [1.29, 1.82) is 0 Å². The van der Waals surface area contributed by atoms with Crippen LogP contribution in [-0.4, -0.2) is 54.4 Å². The number of benzene rings is 2. The van der Waals surface area contributed by atoms with E-state index in [9.17, 15) is 0 Å². The maximum absolute atomic E-state index is 7.32. The molecule has 1 unspecified atom stereocenters. The molecule has 2 aromatic carbocycles. The monoisotopic (exact) mass is 718 g/mol. The third kappa shape index (κ3) is 6.65. The predicted molar refractivity (Wildman–Crippen MR) is 211 cm³/mol. The Balaban J connectivity index is 1.55. The zero-order valence-corrected chi connectivity index (χ0v) is 33.6. The highest BCUT2D eigenvalue weighted by atomic mass is 35.5. The van der Waals surface area contributed by atoms with Crippen molar-refractivity contribution in [2.45, 2.75) is 103 Å². The fourth-order valence-corrected chi connectivity index (χ4v) is 8.60. The molecule has 0 saturated heterocycles. The number of anilines is 2. The summed E-state index contributed by atoms with van der Waals surface area (Å²) in [7, 11) is 8.59. The number of allylic oxidation sites excluding steroid dienone is 7. The Morgan fingerprint density at radius 2 is 1.29 bits per heavy atom. The van der Waals surface area contributed by atoms with Crippen LogP contribution in [0.4, 0.5) is 11.4 Å². The third-order valence-corrected chi connectivity index (χ3v) is 11.8. The van der Waals surface area contributed by atoms with Crippen molar-refractivity contribution in [1.82, 2.24) is 0 Å². The number of methoxy groups -OCH3 is 5. The van der Waals surface area contributed by atoms with E-state index < -0.39 is 11.1 Å². The SMILES string of the molecule is CCCCN1/C(=C\C=C2/CCCC(/C=C/C3(OC)N(CCCC)c4cc(OC)c(OC)cc4C3(C)C)=C2Cl)C(C)(C)c2cc(OC)c(OC)cc21. The maximum atomic E-state index is 7.32. The first-order valence-electron chi connectivity index (χ1n) is 18.5. The van der Waals surface area contributed by atoms with E-state index in [1.54, 1.807) is 28.4 Å². The van der Waals surface area contributed by atoms with Gasteiger partial charge in [0.1, 0.15) is 0 Å². The Morgan fingerprint density at radius 3 is 1.88 bits per heavy atom. The van der Waals surface area contributed by atoms with Gasteiger partial charge in [-0.15, -0.1) is 0 Å². The van der Waals surface area contributed by atoms with Gasteiger partial charge in [0.15, 0.2) is 28.7 Å². The van der Waals surface area contributed by atoms with Gasteiger partial charge in [-0.1, -0.05) is 78.1 Å². The average molecular weight is 719 g/mol. The van der Waals surface area contributed by atoms with Crippen molar-refractivity contribution in [3.63, 3.8) is 0 Å². The van der Waals surface area contributed by atoms with Crippen molar-refractivity contribution in [3.05, 3.63) is 81.6 Å². The molecule has 2 aliphatic heterocycles. The summed E-state index contributed by atoms with van der Waals surface area (Å²) in [5.41, 5.74) is 6.87. The molecular weight excluding hydrogens is 660 g/mol. The van der Waals surface area contributed by atoms with Gasteiger partial charge in [-0.25, -0.2) is 0 Å². The summed E-state index contributed by atoms with van der Waals surface area (Å²) in [5, 5.41) is 0.828. The minimum absolute atomic E-state index is 0.228. The topological polar surface area (TPSA) is 52.6 Å². The van der Waals surface area contributed by atoms with Gasteiger partial charge in [0.2, 0.25) is 0 Å². The molecule has 0 fully saturated rings.